The standard InChI is InChI=1S/C21H25F3N4O4/c1-11(2)19-17-6-13(21(22,23)24)4-5-16(17)20(32)28(26-19)10-18(31)25-14-7-15(30)9-27(8-14)12(3)29/h4-6,11,14-15,30H,7-10H2,1-3H3,(H,25,31)/t14-,15+/m1/s1. The van der Waals surface area contributed by atoms with Gasteiger partial charge >= 0.3 is 6.18 Å². The predicted molar refractivity (Wildman–Crippen MR) is 110 cm³/mol. The number of rotatable bonds is 4. The van der Waals surface area contributed by atoms with Gasteiger partial charge in [-0.1, -0.05) is 13.8 Å². The number of amides is 2. The summed E-state index contributed by atoms with van der Waals surface area (Å²) in [6, 6.07) is 2.34. The van der Waals surface area contributed by atoms with E-state index in [4.69, 9.17) is 0 Å². The van der Waals surface area contributed by atoms with Crippen LogP contribution in [0.1, 0.15) is 44.4 Å². The molecule has 11 heteroatoms. The average molecular weight is 454 g/mol. The van der Waals surface area contributed by atoms with Crippen LogP contribution in [0, 0.1) is 0 Å². The van der Waals surface area contributed by atoms with Crippen LogP contribution in [0.3, 0.4) is 0 Å². The molecule has 2 N–H and O–H groups in total. The number of carbonyl (C=O) groups excluding carboxylic acids is 2. The van der Waals surface area contributed by atoms with E-state index in [9.17, 15) is 32.7 Å². The summed E-state index contributed by atoms with van der Waals surface area (Å²) in [7, 11) is 0. The largest absolute Gasteiger partial charge is 0.416 e. The summed E-state index contributed by atoms with van der Waals surface area (Å²) in [6.45, 7) is 4.81. The van der Waals surface area contributed by atoms with Gasteiger partial charge in [0.25, 0.3) is 5.56 Å². The number of halogens is 3. The zero-order chi connectivity index (χ0) is 23.8. The quantitative estimate of drug-likeness (QED) is 0.731. The van der Waals surface area contributed by atoms with Gasteiger partial charge in [0.05, 0.1) is 22.7 Å². The van der Waals surface area contributed by atoms with Crippen LogP contribution in [-0.4, -0.2) is 56.8 Å². The van der Waals surface area contributed by atoms with Crippen LogP contribution in [-0.2, 0) is 22.3 Å². The van der Waals surface area contributed by atoms with E-state index in [1.54, 1.807) is 13.8 Å². The second-order valence-electron chi connectivity index (χ2n) is 8.34. The lowest BCUT2D eigenvalue weighted by molar-refractivity contribution is -0.137. The molecule has 0 spiro atoms. The summed E-state index contributed by atoms with van der Waals surface area (Å²) in [5.41, 5.74) is -1.29. The molecule has 2 heterocycles. The molecule has 0 radical (unpaired) electrons. The van der Waals surface area contributed by atoms with Gasteiger partial charge in [-0.2, -0.15) is 18.3 Å². The fourth-order valence-corrected chi connectivity index (χ4v) is 3.86. The summed E-state index contributed by atoms with van der Waals surface area (Å²) in [5, 5.41) is 17.0. The van der Waals surface area contributed by atoms with Gasteiger partial charge in [-0.3, -0.25) is 14.4 Å². The van der Waals surface area contributed by atoms with E-state index in [-0.39, 0.29) is 47.8 Å². The Hall–Kier alpha value is -2.95. The van der Waals surface area contributed by atoms with E-state index in [0.717, 1.165) is 22.9 Å². The minimum atomic E-state index is -4.56. The normalized spacial score (nSPS) is 19.4. The molecule has 2 aromatic rings. The summed E-state index contributed by atoms with van der Waals surface area (Å²) in [5.74, 6) is -1.08. The third-order valence-corrected chi connectivity index (χ3v) is 5.40. The van der Waals surface area contributed by atoms with E-state index in [1.807, 2.05) is 0 Å². The maximum absolute atomic E-state index is 13.1. The maximum atomic E-state index is 13.1. The zero-order valence-electron chi connectivity index (χ0n) is 17.9. The zero-order valence-corrected chi connectivity index (χ0v) is 17.9. The Morgan fingerprint density at radius 2 is 1.94 bits per heavy atom. The van der Waals surface area contributed by atoms with Gasteiger partial charge in [-0.05, 0) is 30.5 Å². The molecule has 8 nitrogen and oxygen atoms in total. The van der Waals surface area contributed by atoms with Crippen molar-refractivity contribution in [2.75, 3.05) is 13.1 Å². The molecule has 1 aromatic carbocycles. The molecule has 0 unspecified atom stereocenters. The Labute approximate surface area is 182 Å². The number of aliphatic hydroxyl groups is 1. The average Bonchev–Trinajstić information content (AvgIpc) is 2.68. The van der Waals surface area contributed by atoms with Crippen molar-refractivity contribution in [3.63, 3.8) is 0 Å². The number of alkyl halides is 3. The number of likely N-dealkylation sites (tertiary alicyclic amines) is 1. The topological polar surface area (TPSA) is 105 Å². The lowest BCUT2D eigenvalue weighted by atomic mass is 10.0. The highest BCUT2D eigenvalue weighted by Crippen LogP contribution is 2.32. The Morgan fingerprint density at radius 3 is 2.53 bits per heavy atom. The molecule has 1 saturated heterocycles. The number of carbonyl (C=O) groups is 2. The van der Waals surface area contributed by atoms with E-state index in [2.05, 4.69) is 10.4 Å². The molecular formula is C21H25F3N4O4. The molecule has 174 valence electrons. The number of β-amino-alcohol motifs (C(OH)–C–C–N with tert-alkyl or cyclic N) is 1. The molecule has 2 atom stereocenters. The van der Waals surface area contributed by atoms with E-state index in [1.165, 1.54) is 11.8 Å². The van der Waals surface area contributed by atoms with E-state index >= 15 is 0 Å². The van der Waals surface area contributed by atoms with Gasteiger partial charge in [0.15, 0.2) is 0 Å². The fraction of sp³-hybridized carbons (Fsp3) is 0.524. The van der Waals surface area contributed by atoms with E-state index in [0.29, 0.717) is 0 Å². The Balaban J connectivity index is 1.89. The number of hydrogen-bond donors (Lipinski definition) is 2. The van der Waals surface area contributed by atoms with Gasteiger partial charge < -0.3 is 15.3 Å². The Morgan fingerprint density at radius 1 is 1.25 bits per heavy atom. The molecule has 2 amide bonds. The van der Waals surface area contributed by atoms with Crippen molar-refractivity contribution in [1.82, 2.24) is 20.0 Å². The van der Waals surface area contributed by atoms with Crippen molar-refractivity contribution in [1.29, 1.82) is 0 Å². The number of hydrogen-bond acceptors (Lipinski definition) is 5. The molecule has 3 rings (SSSR count). The molecule has 1 aliphatic rings. The van der Waals surface area contributed by atoms with Crippen LogP contribution in [0.15, 0.2) is 23.0 Å². The highest BCUT2D eigenvalue weighted by atomic mass is 19.4. The molecule has 32 heavy (non-hydrogen) atoms. The number of nitrogens with one attached hydrogen (secondary N) is 1. The minimum absolute atomic E-state index is 0.0420. The third kappa shape index (κ3) is 5.09. The highest BCUT2D eigenvalue weighted by Gasteiger charge is 2.32. The summed E-state index contributed by atoms with van der Waals surface area (Å²) in [6.07, 6.45) is -5.09. The van der Waals surface area contributed by atoms with Gasteiger partial charge in [0.2, 0.25) is 11.8 Å². The van der Waals surface area contributed by atoms with Crippen molar-refractivity contribution in [2.45, 2.75) is 58.0 Å². The van der Waals surface area contributed by atoms with Crippen LogP contribution < -0.4 is 10.9 Å². The first-order valence-electron chi connectivity index (χ1n) is 10.2. The van der Waals surface area contributed by atoms with Crippen molar-refractivity contribution in [3.05, 3.63) is 39.8 Å². The van der Waals surface area contributed by atoms with Crippen molar-refractivity contribution < 1.29 is 27.9 Å². The first-order valence-corrected chi connectivity index (χ1v) is 10.2. The molecule has 1 aromatic heterocycles. The highest BCUT2D eigenvalue weighted by molar-refractivity contribution is 5.85. The first-order chi connectivity index (χ1) is 14.9. The second kappa shape index (κ2) is 8.89. The third-order valence-electron chi connectivity index (χ3n) is 5.40. The van der Waals surface area contributed by atoms with Crippen LogP contribution in [0.25, 0.3) is 10.8 Å². The van der Waals surface area contributed by atoms with Crippen LogP contribution in [0.5, 0.6) is 0 Å². The number of fused-ring (bicyclic) bond motifs is 1. The second-order valence-corrected chi connectivity index (χ2v) is 8.34. The number of aromatic nitrogens is 2. The minimum Gasteiger partial charge on any atom is -0.391 e. The van der Waals surface area contributed by atoms with E-state index < -0.39 is 41.9 Å². The number of piperidine rings is 1. The van der Waals surface area contributed by atoms with Crippen LogP contribution in [0.4, 0.5) is 13.2 Å². The van der Waals surface area contributed by atoms with Crippen molar-refractivity contribution in [3.8, 4) is 0 Å². The van der Waals surface area contributed by atoms with Gasteiger partial charge in [-0.15, -0.1) is 0 Å². The lowest BCUT2D eigenvalue weighted by Gasteiger charge is -2.35. The lowest BCUT2D eigenvalue weighted by Crippen LogP contribution is -2.54. The Bertz CT molecular complexity index is 1100. The predicted octanol–water partition coefficient (Wildman–Crippen LogP) is 1.64. The van der Waals surface area contributed by atoms with Gasteiger partial charge in [0, 0.05) is 31.4 Å². The first kappa shape index (κ1) is 23.7. The smallest absolute Gasteiger partial charge is 0.391 e. The molecule has 1 aliphatic heterocycles. The number of nitrogens with zero attached hydrogens (tertiary/aromatic N) is 3. The summed E-state index contributed by atoms with van der Waals surface area (Å²) < 4.78 is 40.3. The number of aliphatic hydroxyl groups excluding tert-OH is 1. The maximum Gasteiger partial charge on any atom is 0.416 e. The Kier molecular flexibility index (Phi) is 6.59. The van der Waals surface area contributed by atoms with Crippen molar-refractivity contribution >= 4 is 22.6 Å². The van der Waals surface area contributed by atoms with Gasteiger partial charge in [-0.25, -0.2) is 4.68 Å². The monoisotopic (exact) mass is 454 g/mol. The molecule has 0 bridgehead atoms. The molecule has 0 saturated carbocycles. The van der Waals surface area contributed by atoms with Crippen molar-refractivity contribution in [2.24, 2.45) is 0 Å². The summed E-state index contributed by atoms with van der Waals surface area (Å²) >= 11 is 0. The molecule has 0 aliphatic carbocycles. The summed E-state index contributed by atoms with van der Waals surface area (Å²) in [4.78, 5) is 38.4. The number of benzene rings is 1. The van der Waals surface area contributed by atoms with Crippen LogP contribution in [0.2, 0.25) is 0 Å². The molecule has 1 fully saturated rings. The van der Waals surface area contributed by atoms with Gasteiger partial charge in [0.1, 0.15) is 6.54 Å². The van der Waals surface area contributed by atoms with Crippen LogP contribution >= 0.6 is 0 Å². The SMILES string of the molecule is CC(=O)N1C[C@@H](O)C[C@@H](NC(=O)Cn2nc(C(C)C)c3cc(C(F)(F)F)ccc3c2=O)C1. The molecular weight excluding hydrogens is 429 g/mol. The fourth-order valence-electron chi connectivity index (χ4n) is 3.86.